The Balaban J connectivity index is 1.73. The summed E-state index contributed by atoms with van der Waals surface area (Å²) in [6.45, 7) is 0.701. The van der Waals surface area contributed by atoms with E-state index in [1.165, 1.54) is 11.1 Å². The van der Waals surface area contributed by atoms with Crippen molar-refractivity contribution < 1.29 is 5.11 Å². The summed E-state index contributed by atoms with van der Waals surface area (Å²) in [6, 6.07) is 16.5. The van der Waals surface area contributed by atoms with E-state index in [0.29, 0.717) is 18.3 Å². The normalized spacial score (nSPS) is 18.0. The number of phenols is 1. The molecule has 0 aromatic heterocycles. The predicted molar refractivity (Wildman–Crippen MR) is 80.3 cm³/mol. The van der Waals surface area contributed by atoms with Crippen molar-refractivity contribution in [3.8, 4) is 5.75 Å². The molecule has 0 aliphatic carbocycles. The van der Waals surface area contributed by atoms with Crippen LogP contribution in [-0.4, -0.2) is 10.9 Å². The minimum Gasteiger partial charge on any atom is -0.508 e. The molecular weight excluding hydrogens is 254 g/mol. The summed E-state index contributed by atoms with van der Waals surface area (Å²) >= 11 is 1.96. The molecule has 2 N–H and O–H groups in total. The molecule has 19 heavy (non-hydrogen) atoms. The Hall–Kier alpha value is -1.45. The first kappa shape index (κ1) is 12.6. The monoisotopic (exact) mass is 271 g/mol. The third kappa shape index (κ3) is 2.77. The van der Waals surface area contributed by atoms with Gasteiger partial charge in [-0.3, -0.25) is 0 Å². The number of phenolic OH excluding ortho intramolecular Hbond substituents is 1. The predicted octanol–water partition coefficient (Wildman–Crippen LogP) is 3.47. The van der Waals surface area contributed by atoms with Gasteiger partial charge in [0.2, 0.25) is 0 Å². The molecule has 0 radical (unpaired) electrons. The molecule has 1 atom stereocenters. The summed E-state index contributed by atoms with van der Waals surface area (Å²) in [5.74, 6) is 2.56. The van der Waals surface area contributed by atoms with E-state index in [-0.39, 0.29) is 0 Å². The quantitative estimate of drug-likeness (QED) is 0.896. The van der Waals surface area contributed by atoms with Crippen molar-refractivity contribution in [2.75, 3.05) is 5.75 Å². The van der Waals surface area contributed by atoms with Crippen LogP contribution in [0, 0.1) is 0 Å². The molecule has 1 unspecified atom stereocenters. The zero-order valence-electron chi connectivity index (χ0n) is 10.7. The Morgan fingerprint density at radius 3 is 2.79 bits per heavy atom. The number of nitrogens with one attached hydrogen (secondary N) is 1. The van der Waals surface area contributed by atoms with Gasteiger partial charge in [-0.05, 0) is 17.2 Å². The molecule has 2 nitrogen and oxygen atoms in total. The van der Waals surface area contributed by atoms with Crippen LogP contribution in [0.25, 0.3) is 0 Å². The number of benzene rings is 2. The SMILES string of the molecule is Oc1ccccc1CNC1CSCc2ccccc21. The van der Waals surface area contributed by atoms with Crippen LogP contribution in [0.15, 0.2) is 48.5 Å². The van der Waals surface area contributed by atoms with E-state index >= 15 is 0 Å². The fourth-order valence-corrected chi connectivity index (χ4v) is 3.58. The van der Waals surface area contributed by atoms with Crippen molar-refractivity contribution in [2.45, 2.75) is 18.3 Å². The first-order chi connectivity index (χ1) is 9.34. The standard InChI is InChI=1S/C16H17NOS/c18-16-8-4-2-5-12(16)9-17-15-11-19-10-13-6-1-3-7-14(13)15/h1-8,15,17-18H,9-11H2. The van der Waals surface area contributed by atoms with Gasteiger partial charge >= 0.3 is 0 Å². The minimum atomic E-state index is 0.367. The van der Waals surface area contributed by atoms with Crippen LogP contribution in [0.1, 0.15) is 22.7 Å². The molecule has 1 heterocycles. The molecule has 0 amide bonds. The lowest BCUT2D eigenvalue weighted by Crippen LogP contribution is -2.26. The third-order valence-corrected chi connectivity index (χ3v) is 4.59. The molecule has 0 saturated carbocycles. The molecule has 1 aliphatic rings. The van der Waals surface area contributed by atoms with Crippen molar-refractivity contribution >= 4 is 11.8 Å². The molecular formula is C16H17NOS. The van der Waals surface area contributed by atoms with Crippen molar-refractivity contribution in [3.63, 3.8) is 0 Å². The lowest BCUT2D eigenvalue weighted by atomic mass is 10.0. The maximum atomic E-state index is 9.79. The molecule has 2 aromatic carbocycles. The van der Waals surface area contributed by atoms with Crippen molar-refractivity contribution in [2.24, 2.45) is 0 Å². The number of fused-ring (bicyclic) bond motifs is 1. The van der Waals surface area contributed by atoms with Crippen LogP contribution in [0.4, 0.5) is 0 Å². The van der Waals surface area contributed by atoms with E-state index in [1.54, 1.807) is 6.07 Å². The van der Waals surface area contributed by atoms with Crippen molar-refractivity contribution in [1.29, 1.82) is 0 Å². The minimum absolute atomic E-state index is 0.367. The zero-order valence-corrected chi connectivity index (χ0v) is 11.5. The molecule has 3 heteroatoms. The topological polar surface area (TPSA) is 32.3 Å². The van der Waals surface area contributed by atoms with Gasteiger partial charge in [0, 0.05) is 29.7 Å². The fraction of sp³-hybridized carbons (Fsp3) is 0.250. The second-order valence-electron chi connectivity index (χ2n) is 4.78. The number of rotatable bonds is 3. The van der Waals surface area contributed by atoms with Crippen molar-refractivity contribution in [1.82, 2.24) is 5.32 Å². The molecule has 0 fully saturated rings. The maximum absolute atomic E-state index is 9.79. The van der Waals surface area contributed by atoms with Gasteiger partial charge in [0.15, 0.2) is 0 Å². The van der Waals surface area contributed by atoms with Gasteiger partial charge in [-0.25, -0.2) is 0 Å². The molecule has 3 rings (SSSR count). The first-order valence-electron chi connectivity index (χ1n) is 6.50. The third-order valence-electron chi connectivity index (χ3n) is 3.50. The molecule has 1 aliphatic heterocycles. The van der Waals surface area contributed by atoms with Crippen LogP contribution in [0.2, 0.25) is 0 Å². The van der Waals surface area contributed by atoms with Gasteiger partial charge in [-0.15, -0.1) is 0 Å². The second-order valence-corrected chi connectivity index (χ2v) is 5.81. The Morgan fingerprint density at radius 2 is 1.89 bits per heavy atom. The summed E-state index contributed by atoms with van der Waals surface area (Å²) in [4.78, 5) is 0. The number of hydrogen-bond acceptors (Lipinski definition) is 3. The van der Waals surface area contributed by atoms with E-state index in [9.17, 15) is 5.11 Å². The Labute approximate surface area is 117 Å². The van der Waals surface area contributed by atoms with E-state index in [1.807, 2.05) is 30.0 Å². The van der Waals surface area contributed by atoms with Crippen molar-refractivity contribution in [3.05, 3.63) is 65.2 Å². The largest absolute Gasteiger partial charge is 0.508 e. The average Bonchev–Trinajstić information content (AvgIpc) is 2.46. The Bertz CT molecular complexity index is 570. The smallest absolute Gasteiger partial charge is 0.120 e. The van der Waals surface area contributed by atoms with Crippen LogP contribution in [0.3, 0.4) is 0 Å². The summed E-state index contributed by atoms with van der Waals surface area (Å²) in [5, 5.41) is 13.3. The number of thioether (sulfide) groups is 1. The van der Waals surface area contributed by atoms with Crippen LogP contribution in [0.5, 0.6) is 5.75 Å². The number of aromatic hydroxyl groups is 1. The van der Waals surface area contributed by atoms with E-state index < -0.39 is 0 Å². The molecule has 98 valence electrons. The fourth-order valence-electron chi connectivity index (χ4n) is 2.44. The number of para-hydroxylation sites is 1. The summed E-state index contributed by atoms with van der Waals surface area (Å²) < 4.78 is 0. The lowest BCUT2D eigenvalue weighted by Gasteiger charge is -2.26. The van der Waals surface area contributed by atoms with Gasteiger partial charge in [-0.2, -0.15) is 11.8 Å². The van der Waals surface area contributed by atoms with Crippen LogP contribution >= 0.6 is 11.8 Å². The van der Waals surface area contributed by atoms with E-state index in [2.05, 4.69) is 29.6 Å². The van der Waals surface area contributed by atoms with Gasteiger partial charge in [0.05, 0.1) is 0 Å². The highest BCUT2D eigenvalue weighted by Crippen LogP contribution is 2.31. The average molecular weight is 271 g/mol. The van der Waals surface area contributed by atoms with E-state index in [0.717, 1.165) is 17.1 Å². The Morgan fingerprint density at radius 1 is 1.11 bits per heavy atom. The lowest BCUT2D eigenvalue weighted by molar-refractivity contribution is 0.460. The summed E-state index contributed by atoms with van der Waals surface area (Å²) in [6.07, 6.45) is 0. The summed E-state index contributed by atoms with van der Waals surface area (Å²) in [7, 11) is 0. The highest BCUT2D eigenvalue weighted by molar-refractivity contribution is 7.98. The van der Waals surface area contributed by atoms with Gasteiger partial charge in [-0.1, -0.05) is 42.5 Å². The highest BCUT2D eigenvalue weighted by Gasteiger charge is 2.19. The first-order valence-corrected chi connectivity index (χ1v) is 7.66. The molecule has 0 saturated heterocycles. The molecule has 0 bridgehead atoms. The summed E-state index contributed by atoms with van der Waals surface area (Å²) in [5.41, 5.74) is 3.78. The molecule has 0 spiro atoms. The van der Waals surface area contributed by atoms with Gasteiger partial charge in [0.25, 0.3) is 0 Å². The van der Waals surface area contributed by atoms with Gasteiger partial charge < -0.3 is 10.4 Å². The molecule has 2 aromatic rings. The van der Waals surface area contributed by atoms with Crippen LogP contribution < -0.4 is 5.32 Å². The van der Waals surface area contributed by atoms with Gasteiger partial charge in [0.1, 0.15) is 5.75 Å². The number of hydrogen-bond donors (Lipinski definition) is 2. The second kappa shape index (κ2) is 5.68. The Kier molecular flexibility index (Phi) is 3.76. The van der Waals surface area contributed by atoms with E-state index in [4.69, 9.17) is 0 Å². The highest BCUT2D eigenvalue weighted by atomic mass is 32.2. The zero-order chi connectivity index (χ0) is 13.1. The van der Waals surface area contributed by atoms with Crippen LogP contribution in [-0.2, 0) is 12.3 Å². The maximum Gasteiger partial charge on any atom is 0.120 e.